The van der Waals surface area contributed by atoms with Crippen molar-refractivity contribution in [3.05, 3.63) is 60.2 Å². The Bertz CT molecular complexity index is 782. The maximum absolute atomic E-state index is 12.9. The molecule has 0 bridgehead atoms. The van der Waals surface area contributed by atoms with Gasteiger partial charge in [-0.2, -0.15) is 0 Å². The quantitative estimate of drug-likeness (QED) is 0.901. The van der Waals surface area contributed by atoms with Gasteiger partial charge in [0.15, 0.2) is 0 Å². The highest BCUT2D eigenvalue weighted by atomic mass is 16.2. The normalized spacial score (nSPS) is 18.4. The molecule has 4 rings (SSSR count). The number of anilines is 2. The summed E-state index contributed by atoms with van der Waals surface area (Å²) in [5.74, 6) is 0.0524. The Hall–Kier alpha value is -2.82. The van der Waals surface area contributed by atoms with Crippen molar-refractivity contribution in [1.82, 2.24) is 5.32 Å². The summed E-state index contributed by atoms with van der Waals surface area (Å²) in [4.78, 5) is 26.3. The molecular weight excluding hydrogens is 314 g/mol. The summed E-state index contributed by atoms with van der Waals surface area (Å²) in [6.45, 7) is 1.33. The second kappa shape index (κ2) is 6.24. The molecule has 0 atom stereocenters. The van der Waals surface area contributed by atoms with Crippen molar-refractivity contribution in [2.45, 2.75) is 24.7 Å². The Labute approximate surface area is 147 Å². The van der Waals surface area contributed by atoms with Gasteiger partial charge in [0.05, 0.1) is 5.41 Å². The molecule has 1 saturated carbocycles. The third-order valence-corrected chi connectivity index (χ3v) is 5.26. The molecule has 0 spiro atoms. The van der Waals surface area contributed by atoms with Crippen molar-refractivity contribution >= 4 is 23.3 Å². The molecule has 2 fully saturated rings. The van der Waals surface area contributed by atoms with Crippen LogP contribution in [0.4, 0.5) is 16.2 Å². The molecular formula is C20H21N3O2. The van der Waals surface area contributed by atoms with Crippen LogP contribution >= 0.6 is 0 Å². The Balaban J connectivity index is 1.50. The van der Waals surface area contributed by atoms with Gasteiger partial charge in [-0.25, -0.2) is 4.79 Å². The Morgan fingerprint density at radius 1 is 1.04 bits per heavy atom. The van der Waals surface area contributed by atoms with Gasteiger partial charge in [0.25, 0.3) is 0 Å². The van der Waals surface area contributed by atoms with Crippen LogP contribution < -0.4 is 15.5 Å². The number of hydrogen-bond acceptors (Lipinski definition) is 2. The van der Waals surface area contributed by atoms with Crippen LogP contribution in [0.3, 0.4) is 0 Å². The minimum atomic E-state index is -0.408. The summed E-state index contributed by atoms with van der Waals surface area (Å²) < 4.78 is 0. The highest BCUT2D eigenvalue weighted by Crippen LogP contribution is 2.44. The lowest BCUT2D eigenvalue weighted by Gasteiger charge is -2.40. The van der Waals surface area contributed by atoms with E-state index in [1.165, 1.54) is 0 Å². The van der Waals surface area contributed by atoms with Gasteiger partial charge in [-0.3, -0.25) is 9.69 Å². The molecule has 3 amide bonds. The molecule has 2 N–H and O–H groups in total. The van der Waals surface area contributed by atoms with Crippen molar-refractivity contribution in [3.63, 3.8) is 0 Å². The van der Waals surface area contributed by atoms with E-state index in [0.29, 0.717) is 13.1 Å². The summed E-state index contributed by atoms with van der Waals surface area (Å²) >= 11 is 0. The van der Waals surface area contributed by atoms with E-state index in [-0.39, 0.29) is 11.9 Å². The van der Waals surface area contributed by atoms with Crippen molar-refractivity contribution in [1.29, 1.82) is 0 Å². The summed E-state index contributed by atoms with van der Waals surface area (Å²) in [5.41, 5.74) is 2.28. The lowest BCUT2D eigenvalue weighted by molar-refractivity contribution is -0.124. The first-order valence-electron chi connectivity index (χ1n) is 8.71. The molecule has 1 saturated heterocycles. The van der Waals surface area contributed by atoms with Crippen LogP contribution in [0.25, 0.3) is 0 Å². The molecule has 5 nitrogen and oxygen atoms in total. The molecule has 0 unspecified atom stereocenters. The van der Waals surface area contributed by atoms with Crippen LogP contribution in [-0.2, 0) is 10.2 Å². The number of carbonyl (C=O) groups excluding carboxylic acids is 2. The Morgan fingerprint density at radius 2 is 1.76 bits per heavy atom. The van der Waals surface area contributed by atoms with Gasteiger partial charge in [0.1, 0.15) is 0 Å². The van der Waals surface area contributed by atoms with E-state index in [1.807, 2.05) is 54.6 Å². The first-order chi connectivity index (χ1) is 12.2. The number of urea groups is 1. The number of nitrogens with zero attached hydrogens (tertiary/aromatic N) is 1. The van der Waals surface area contributed by atoms with Gasteiger partial charge in [-0.05, 0) is 42.7 Å². The zero-order valence-corrected chi connectivity index (χ0v) is 14.0. The van der Waals surface area contributed by atoms with E-state index in [0.717, 1.165) is 36.2 Å². The molecule has 25 heavy (non-hydrogen) atoms. The monoisotopic (exact) mass is 335 g/mol. The third kappa shape index (κ3) is 2.76. The van der Waals surface area contributed by atoms with Crippen LogP contribution in [0.5, 0.6) is 0 Å². The van der Waals surface area contributed by atoms with Gasteiger partial charge in [-0.15, -0.1) is 0 Å². The fraction of sp³-hybridized carbons (Fsp3) is 0.300. The average molecular weight is 335 g/mol. The first-order valence-corrected chi connectivity index (χ1v) is 8.71. The lowest BCUT2D eigenvalue weighted by atomic mass is 9.64. The topological polar surface area (TPSA) is 61.4 Å². The maximum Gasteiger partial charge on any atom is 0.321 e. The summed E-state index contributed by atoms with van der Waals surface area (Å²) in [7, 11) is 0. The summed E-state index contributed by atoms with van der Waals surface area (Å²) in [5, 5.41) is 5.84. The molecule has 1 aliphatic carbocycles. The number of benzene rings is 2. The minimum absolute atomic E-state index is 0.0524. The molecule has 0 aromatic heterocycles. The molecule has 2 aliphatic rings. The number of carbonyl (C=O) groups is 2. The highest BCUT2D eigenvalue weighted by Gasteiger charge is 2.45. The van der Waals surface area contributed by atoms with Crippen LogP contribution in [0.1, 0.15) is 24.8 Å². The average Bonchev–Trinajstić information content (AvgIpc) is 3.02. The minimum Gasteiger partial charge on any atom is -0.336 e. The van der Waals surface area contributed by atoms with Crippen LogP contribution in [0.15, 0.2) is 54.6 Å². The fourth-order valence-corrected chi connectivity index (χ4v) is 3.63. The van der Waals surface area contributed by atoms with Crippen LogP contribution in [-0.4, -0.2) is 25.0 Å². The lowest BCUT2D eigenvalue weighted by Crippen LogP contribution is -2.45. The van der Waals surface area contributed by atoms with Gasteiger partial charge in [0, 0.05) is 24.5 Å². The largest absolute Gasteiger partial charge is 0.336 e. The second-order valence-corrected chi connectivity index (χ2v) is 6.69. The van der Waals surface area contributed by atoms with E-state index in [4.69, 9.17) is 0 Å². The number of amides is 3. The number of hydrogen-bond donors (Lipinski definition) is 2. The van der Waals surface area contributed by atoms with Crippen molar-refractivity contribution in [2.75, 3.05) is 23.3 Å². The van der Waals surface area contributed by atoms with Gasteiger partial charge in [-0.1, -0.05) is 36.8 Å². The molecule has 5 heteroatoms. The smallest absolute Gasteiger partial charge is 0.321 e. The van der Waals surface area contributed by atoms with Gasteiger partial charge >= 0.3 is 6.03 Å². The summed E-state index contributed by atoms with van der Waals surface area (Å²) in [6.07, 6.45) is 2.84. The predicted octanol–water partition coefficient (Wildman–Crippen LogP) is 3.28. The van der Waals surface area contributed by atoms with Crippen LogP contribution in [0.2, 0.25) is 0 Å². The first kappa shape index (κ1) is 15.7. The molecule has 2 aromatic carbocycles. The van der Waals surface area contributed by atoms with Crippen LogP contribution in [0, 0.1) is 0 Å². The maximum atomic E-state index is 12.9. The highest BCUT2D eigenvalue weighted by molar-refractivity contribution is 6.00. The number of nitrogens with one attached hydrogen (secondary N) is 2. The van der Waals surface area contributed by atoms with Gasteiger partial charge < -0.3 is 10.6 Å². The second-order valence-electron chi connectivity index (χ2n) is 6.69. The van der Waals surface area contributed by atoms with E-state index in [9.17, 15) is 9.59 Å². The molecule has 2 aromatic rings. The SMILES string of the molecule is O=C1NCCN1c1ccc(NC(=O)C2(c3ccccc3)CCC2)cc1. The Kier molecular flexibility index (Phi) is 3.92. The Morgan fingerprint density at radius 3 is 2.32 bits per heavy atom. The van der Waals surface area contributed by atoms with E-state index >= 15 is 0 Å². The summed E-state index contributed by atoms with van der Waals surface area (Å²) in [6, 6.07) is 17.4. The third-order valence-electron chi connectivity index (χ3n) is 5.26. The number of rotatable bonds is 4. The standard InChI is InChI=1S/C20H21N3O2/c24-18(20(11-4-12-20)15-5-2-1-3-6-15)22-16-7-9-17(10-8-16)23-14-13-21-19(23)25/h1-3,5-10H,4,11-14H2,(H,21,25)(H,22,24). The van der Waals surface area contributed by atoms with Crippen molar-refractivity contribution in [2.24, 2.45) is 0 Å². The molecule has 0 radical (unpaired) electrons. The predicted molar refractivity (Wildman–Crippen MR) is 97.8 cm³/mol. The van der Waals surface area contributed by atoms with E-state index < -0.39 is 5.41 Å². The molecule has 128 valence electrons. The van der Waals surface area contributed by atoms with E-state index in [2.05, 4.69) is 10.6 Å². The van der Waals surface area contributed by atoms with Crippen molar-refractivity contribution < 1.29 is 9.59 Å². The van der Waals surface area contributed by atoms with E-state index in [1.54, 1.807) is 4.90 Å². The zero-order chi connectivity index (χ0) is 17.3. The van der Waals surface area contributed by atoms with Crippen molar-refractivity contribution in [3.8, 4) is 0 Å². The zero-order valence-electron chi connectivity index (χ0n) is 14.0. The molecule has 1 heterocycles. The fourth-order valence-electron chi connectivity index (χ4n) is 3.63. The van der Waals surface area contributed by atoms with Gasteiger partial charge in [0.2, 0.25) is 5.91 Å². The molecule has 1 aliphatic heterocycles.